The first kappa shape index (κ1) is 14.8. The zero-order chi connectivity index (χ0) is 15.4. The predicted octanol–water partition coefficient (Wildman–Crippen LogP) is 3.29. The monoisotopic (exact) mass is 374 g/mol. The van der Waals surface area contributed by atoms with E-state index in [1.807, 2.05) is 36.4 Å². The molecule has 0 spiro atoms. The molecule has 1 amide bonds. The number of aromatic nitrogens is 3. The van der Waals surface area contributed by atoms with Gasteiger partial charge in [-0.15, -0.1) is 5.10 Å². The summed E-state index contributed by atoms with van der Waals surface area (Å²) in [6, 6.07) is 11.4. The lowest BCUT2D eigenvalue weighted by Crippen LogP contribution is -2.22. The molecule has 2 aromatic heterocycles. The highest BCUT2D eigenvalue weighted by Crippen LogP contribution is 2.25. The van der Waals surface area contributed by atoms with Gasteiger partial charge in [-0.05, 0) is 35.3 Å². The van der Waals surface area contributed by atoms with E-state index in [0.29, 0.717) is 17.1 Å². The van der Waals surface area contributed by atoms with Crippen LogP contribution in [0, 0.1) is 0 Å². The Kier molecular flexibility index (Phi) is 4.55. The van der Waals surface area contributed by atoms with Crippen molar-refractivity contribution in [2.75, 3.05) is 0 Å². The lowest BCUT2D eigenvalue weighted by Gasteiger charge is -2.04. The van der Waals surface area contributed by atoms with Gasteiger partial charge in [-0.25, -0.2) is 0 Å². The average molecular weight is 375 g/mol. The van der Waals surface area contributed by atoms with Crippen LogP contribution in [0.4, 0.5) is 0 Å². The highest BCUT2D eigenvalue weighted by molar-refractivity contribution is 9.10. The number of hydrogen-bond donors (Lipinski definition) is 1. The first-order chi connectivity index (χ1) is 10.7. The highest BCUT2D eigenvalue weighted by Gasteiger charge is 2.17. The number of rotatable bonds is 4. The summed E-state index contributed by atoms with van der Waals surface area (Å²) in [6.07, 6.45) is 3.42. The maximum absolute atomic E-state index is 12.3. The van der Waals surface area contributed by atoms with Gasteiger partial charge in [-0.1, -0.05) is 38.6 Å². The molecule has 0 aliphatic rings. The lowest BCUT2D eigenvalue weighted by molar-refractivity contribution is 0.0955. The third-order valence-corrected chi connectivity index (χ3v) is 4.24. The summed E-state index contributed by atoms with van der Waals surface area (Å²) in [6.45, 7) is 0.421. The number of carbonyl (C=O) groups excluding carboxylic acids is 1. The van der Waals surface area contributed by atoms with Gasteiger partial charge < -0.3 is 5.32 Å². The Morgan fingerprint density at radius 2 is 2.05 bits per heavy atom. The number of amides is 1. The van der Waals surface area contributed by atoms with E-state index in [0.717, 1.165) is 27.1 Å². The van der Waals surface area contributed by atoms with Gasteiger partial charge in [0.2, 0.25) is 0 Å². The first-order valence-corrected chi connectivity index (χ1v) is 8.06. The molecule has 1 aromatic carbocycles. The van der Waals surface area contributed by atoms with E-state index >= 15 is 0 Å². The zero-order valence-corrected chi connectivity index (χ0v) is 13.8. The van der Waals surface area contributed by atoms with Crippen LogP contribution in [-0.4, -0.2) is 20.5 Å². The third-order valence-electron chi connectivity index (χ3n) is 2.99. The van der Waals surface area contributed by atoms with E-state index in [1.165, 1.54) is 0 Å². The van der Waals surface area contributed by atoms with Gasteiger partial charge in [0, 0.05) is 29.0 Å². The van der Waals surface area contributed by atoms with Crippen LogP contribution in [0.1, 0.15) is 15.2 Å². The van der Waals surface area contributed by atoms with Crippen molar-refractivity contribution >= 4 is 33.4 Å². The van der Waals surface area contributed by atoms with Crippen LogP contribution < -0.4 is 5.32 Å². The maximum Gasteiger partial charge on any atom is 0.265 e. The van der Waals surface area contributed by atoms with E-state index in [4.69, 9.17) is 0 Å². The van der Waals surface area contributed by atoms with Crippen LogP contribution in [0.5, 0.6) is 0 Å². The Morgan fingerprint density at radius 1 is 1.23 bits per heavy atom. The Labute approximate surface area is 139 Å². The number of benzene rings is 1. The van der Waals surface area contributed by atoms with Crippen LogP contribution in [-0.2, 0) is 6.54 Å². The molecule has 3 rings (SSSR count). The van der Waals surface area contributed by atoms with E-state index in [2.05, 4.69) is 35.8 Å². The van der Waals surface area contributed by atoms with Gasteiger partial charge in [-0.3, -0.25) is 9.78 Å². The van der Waals surface area contributed by atoms with Crippen molar-refractivity contribution in [2.45, 2.75) is 6.54 Å². The van der Waals surface area contributed by atoms with Crippen molar-refractivity contribution in [1.29, 1.82) is 0 Å². The van der Waals surface area contributed by atoms with Crippen molar-refractivity contribution in [1.82, 2.24) is 19.9 Å². The number of hydrogen-bond acceptors (Lipinski definition) is 5. The Morgan fingerprint density at radius 3 is 2.77 bits per heavy atom. The number of carbonyl (C=O) groups is 1. The molecule has 0 aliphatic carbocycles. The van der Waals surface area contributed by atoms with Gasteiger partial charge in [0.1, 0.15) is 10.6 Å². The normalized spacial score (nSPS) is 10.4. The Bertz CT molecular complexity index is 774. The van der Waals surface area contributed by atoms with Gasteiger partial charge in [0.15, 0.2) is 0 Å². The second kappa shape index (κ2) is 6.76. The van der Waals surface area contributed by atoms with Gasteiger partial charge in [-0.2, -0.15) is 0 Å². The third kappa shape index (κ3) is 3.37. The molecule has 0 unspecified atom stereocenters. The van der Waals surface area contributed by atoms with Gasteiger partial charge in [0.25, 0.3) is 5.91 Å². The summed E-state index contributed by atoms with van der Waals surface area (Å²) in [7, 11) is 0. The average Bonchev–Trinajstić information content (AvgIpc) is 3.04. The molecule has 3 aromatic rings. The zero-order valence-electron chi connectivity index (χ0n) is 11.4. The van der Waals surface area contributed by atoms with Crippen LogP contribution in [0.3, 0.4) is 0 Å². The van der Waals surface area contributed by atoms with Crippen molar-refractivity contribution < 1.29 is 4.79 Å². The highest BCUT2D eigenvalue weighted by atomic mass is 79.9. The first-order valence-electron chi connectivity index (χ1n) is 6.49. The number of pyridine rings is 1. The Balaban J connectivity index is 1.76. The van der Waals surface area contributed by atoms with Crippen LogP contribution in [0.15, 0.2) is 53.3 Å². The molecule has 0 saturated heterocycles. The summed E-state index contributed by atoms with van der Waals surface area (Å²) < 4.78 is 4.88. The molecule has 0 radical (unpaired) electrons. The SMILES string of the molecule is O=C(NCc1cccnc1)c1snnc1-c1ccc(Br)cc1. The predicted molar refractivity (Wildman–Crippen MR) is 88.5 cm³/mol. The molecule has 7 heteroatoms. The molecule has 0 saturated carbocycles. The van der Waals surface area contributed by atoms with E-state index < -0.39 is 0 Å². The minimum atomic E-state index is -0.184. The molecule has 110 valence electrons. The number of nitrogens with zero attached hydrogens (tertiary/aromatic N) is 3. The van der Waals surface area contributed by atoms with Gasteiger partial charge in [0.05, 0.1) is 0 Å². The van der Waals surface area contributed by atoms with Crippen LogP contribution >= 0.6 is 27.5 Å². The molecule has 2 heterocycles. The molecule has 0 fully saturated rings. The molecular weight excluding hydrogens is 364 g/mol. The topological polar surface area (TPSA) is 67.8 Å². The second-order valence-electron chi connectivity index (χ2n) is 4.50. The van der Waals surface area contributed by atoms with E-state index in [9.17, 15) is 4.79 Å². The number of nitrogens with one attached hydrogen (secondary N) is 1. The van der Waals surface area contributed by atoms with Gasteiger partial charge >= 0.3 is 0 Å². The summed E-state index contributed by atoms with van der Waals surface area (Å²) in [5, 5.41) is 6.94. The second-order valence-corrected chi connectivity index (χ2v) is 6.17. The number of halogens is 1. The lowest BCUT2D eigenvalue weighted by atomic mass is 10.1. The molecule has 0 atom stereocenters. The molecule has 0 bridgehead atoms. The fourth-order valence-corrected chi connectivity index (χ4v) is 2.77. The van der Waals surface area contributed by atoms with Crippen molar-refractivity contribution in [3.8, 4) is 11.3 Å². The fourth-order valence-electron chi connectivity index (χ4n) is 1.90. The minimum Gasteiger partial charge on any atom is -0.347 e. The van der Waals surface area contributed by atoms with E-state index in [1.54, 1.807) is 12.4 Å². The standard InChI is InChI=1S/C15H11BrN4OS/c16-12-5-3-11(4-6-12)13-14(22-20-19-13)15(21)18-9-10-2-1-7-17-8-10/h1-8H,9H2,(H,18,21). The molecule has 1 N–H and O–H groups in total. The van der Waals surface area contributed by atoms with E-state index in [-0.39, 0.29) is 5.91 Å². The van der Waals surface area contributed by atoms with Crippen LogP contribution in [0.25, 0.3) is 11.3 Å². The summed E-state index contributed by atoms with van der Waals surface area (Å²) in [5.74, 6) is -0.184. The van der Waals surface area contributed by atoms with Crippen molar-refractivity contribution in [3.05, 3.63) is 63.7 Å². The summed E-state index contributed by atoms with van der Waals surface area (Å²) >= 11 is 4.48. The summed E-state index contributed by atoms with van der Waals surface area (Å²) in [4.78, 5) is 16.9. The molecule has 22 heavy (non-hydrogen) atoms. The fraction of sp³-hybridized carbons (Fsp3) is 0.0667. The largest absolute Gasteiger partial charge is 0.347 e. The molecule has 5 nitrogen and oxygen atoms in total. The summed E-state index contributed by atoms with van der Waals surface area (Å²) in [5.41, 5.74) is 2.41. The van der Waals surface area contributed by atoms with Crippen molar-refractivity contribution in [3.63, 3.8) is 0 Å². The molecule has 0 aliphatic heterocycles. The maximum atomic E-state index is 12.3. The minimum absolute atomic E-state index is 0.184. The Hall–Kier alpha value is -2.12. The molecular formula is C15H11BrN4OS. The van der Waals surface area contributed by atoms with Crippen LogP contribution in [0.2, 0.25) is 0 Å². The smallest absolute Gasteiger partial charge is 0.265 e. The van der Waals surface area contributed by atoms with Crippen molar-refractivity contribution in [2.24, 2.45) is 0 Å². The quantitative estimate of drug-likeness (QED) is 0.760.